The highest BCUT2D eigenvalue weighted by molar-refractivity contribution is 6.25. The Kier molecular flexibility index (Phi) is 11.6. The minimum Gasteiger partial charge on any atom is -0.444 e. The van der Waals surface area contributed by atoms with Gasteiger partial charge in [-0.1, -0.05) is 6.07 Å². The highest BCUT2D eigenvalue weighted by Gasteiger charge is 2.45. The standard InChI is InChI=1S/C41H38F2N10O8/c42-35(43)34-28(48-37(56)29-21-61-39(49-29)24-12-13-45-31(18-24)47-19-22-4-5-22)20-52(51-34)25-8-6-23(7-9-25)36(55)46-15-17-60-16-14-44-27-3-1-2-26-33(27)41(59)53(40(26)58)30-10-11-32(54)50-38(30)57/h1-3,6-9,12-13,18,20-22,30,35,44H,4-5,10-11,14-17,19H2,(H,45,47)(H,46,55)(H,48,56)(H,50,54,57). The topological polar surface area (TPSA) is 232 Å². The van der Waals surface area contributed by atoms with Crippen molar-refractivity contribution in [1.29, 1.82) is 0 Å². The van der Waals surface area contributed by atoms with Gasteiger partial charge in [-0.25, -0.2) is 23.4 Å². The molecule has 61 heavy (non-hydrogen) atoms. The number of pyridine rings is 1. The number of hydrogen-bond donors (Lipinski definition) is 5. The van der Waals surface area contributed by atoms with Gasteiger partial charge in [0.25, 0.3) is 30.1 Å². The third-order valence-electron chi connectivity index (χ3n) is 10.2. The van der Waals surface area contributed by atoms with E-state index < -0.39 is 53.6 Å². The van der Waals surface area contributed by atoms with Crippen LogP contribution in [0.3, 0.4) is 0 Å². The van der Waals surface area contributed by atoms with Gasteiger partial charge in [0.05, 0.1) is 41.9 Å². The van der Waals surface area contributed by atoms with E-state index in [2.05, 4.69) is 41.7 Å². The zero-order chi connectivity index (χ0) is 42.6. The molecule has 18 nitrogen and oxygen atoms in total. The molecule has 5 aromatic rings. The Hall–Kier alpha value is -7.35. The normalized spacial score (nSPS) is 16.1. The molecule has 8 rings (SSSR count). The molecule has 1 atom stereocenters. The number of amides is 6. The smallest absolute Gasteiger partial charge is 0.284 e. The molecule has 0 spiro atoms. The van der Waals surface area contributed by atoms with E-state index in [0.717, 1.165) is 22.4 Å². The summed E-state index contributed by atoms with van der Waals surface area (Å²) in [5, 5.41) is 17.7. The highest BCUT2D eigenvalue weighted by Crippen LogP contribution is 2.33. The maximum Gasteiger partial charge on any atom is 0.284 e. The highest BCUT2D eigenvalue weighted by atomic mass is 19.3. The number of aromatic nitrogens is 4. The fourth-order valence-electron chi connectivity index (χ4n) is 6.83. The van der Waals surface area contributed by atoms with Gasteiger partial charge in [0.15, 0.2) is 11.4 Å². The first-order valence-electron chi connectivity index (χ1n) is 19.4. The quantitative estimate of drug-likeness (QED) is 0.0654. The summed E-state index contributed by atoms with van der Waals surface area (Å²) in [7, 11) is 0. The summed E-state index contributed by atoms with van der Waals surface area (Å²) in [6.07, 6.45) is 3.38. The summed E-state index contributed by atoms with van der Waals surface area (Å²) in [4.78, 5) is 85.5. The Balaban J connectivity index is 0.797. The zero-order valence-electron chi connectivity index (χ0n) is 32.3. The van der Waals surface area contributed by atoms with Crippen LogP contribution >= 0.6 is 0 Å². The molecule has 0 bridgehead atoms. The van der Waals surface area contributed by atoms with Crippen LogP contribution in [0, 0.1) is 5.92 Å². The van der Waals surface area contributed by atoms with Crippen molar-refractivity contribution in [2.75, 3.05) is 48.8 Å². The van der Waals surface area contributed by atoms with Crippen LogP contribution in [0.5, 0.6) is 0 Å². The van der Waals surface area contributed by atoms with Gasteiger partial charge in [-0.2, -0.15) is 5.10 Å². The lowest BCUT2D eigenvalue weighted by Gasteiger charge is -2.27. The molecule has 314 valence electrons. The number of ether oxygens (including phenoxy) is 1. The third-order valence-corrected chi connectivity index (χ3v) is 10.2. The average Bonchev–Trinajstić information content (AvgIpc) is 3.66. The number of hydrogen-bond acceptors (Lipinski definition) is 13. The monoisotopic (exact) mass is 836 g/mol. The van der Waals surface area contributed by atoms with Crippen LogP contribution in [-0.4, -0.2) is 99.0 Å². The summed E-state index contributed by atoms with van der Waals surface area (Å²) in [5.74, 6) is -2.14. The Bertz CT molecular complexity index is 2520. The molecule has 20 heteroatoms. The molecule has 3 aliphatic rings. The van der Waals surface area contributed by atoms with E-state index >= 15 is 0 Å². The van der Waals surface area contributed by atoms with E-state index in [4.69, 9.17) is 9.15 Å². The number of nitrogens with zero attached hydrogens (tertiary/aromatic N) is 5. The number of carbonyl (C=O) groups excluding carboxylic acids is 6. The summed E-state index contributed by atoms with van der Waals surface area (Å²) in [6, 6.07) is 13.1. The third kappa shape index (κ3) is 8.98. The van der Waals surface area contributed by atoms with Gasteiger partial charge in [0, 0.05) is 49.1 Å². The molecular formula is C41H38F2N10O8. The fourth-order valence-corrected chi connectivity index (χ4v) is 6.83. The fraction of sp³-hybridized carbons (Fsp3) is 0.293. The molecule has 1 saturated carbocycles. The van der Waals surface area contributed by atoms with Crippen LogP contribution in [0.25, 0.3) is 17.1 Å². The van der Waals surface area contributed by atoms with E-state index in [1.165, 1.54) is 49.4 Å². The number of anilines is 3. The van der Waals surface area contributed by atoms with Gasteiger partial charge in [-0.3, -0.25) is 39.0 Å². The SMILES string of the molecule is O=C1CCC(N2C(=O)c3cccc(NCCOCCNC(=O)c4ccc(-n5cc(NC(=O)c6coc(-c7ccnc(NCC8CC8)c7)n6)c(C(F)F)n5)cc4)c3C2=O)C(=O)N1. The Morgan fingerprint density at radius 3 is 2.51 bits per heavy atom. The summed E-state index contributed by atoms with van der Waals surface area (Å²) >= 11 is 0. The number of carbonyl (C=O) groups is 6. The average molecular weight is 837 g/mol. The lowest BCUT2D eigenvalue weighted by atomic mass is 10.0. The molecule has 0 radical (unpaired) electrons. The number of alkyl halides is 2. The molecule has 3 aromatic heterocycles. The van der Waals surface area contributed by atoms with Crippen molar-refractivity contribution in [3.63, 3.8) is 0 Å². The second-order valence-electron chi connectivity index (χ2n) is 14.4. The van der Waals surface area contributed by atoms with Crippen LogP contribution < -0.4 is 26.6 Å². The summed E-state index contributed by atoms with van der Waals surface area (Å²) < 4.78 is 40.4. The second-order valence-corrected chi connectivity index (χ2v) is 14.4. The van der Waals surface area contributed by atoms with Crippen molar-refractivity contribution in [2.24, 2.45) is 5.92 Å². The van der Waals surface area contributed by atoms with Crippen molar-refractivity contribution >= 4 is 52.6 Å². The number of nitrogens with one attached hydrogen (secondary N) is 5. The van der Waals surface area contributed by atoms with E-state index in [1.54, 1.807) is 30.5 Å². The van der Waals surface area contributed by atoms with E-state index in [9.17, 15) is 37.5 Å². The number of fused-ring (bicyclic) bond motifs is 1. The number of piperidine rings is 1. The van der Waals surface area contributed by atoms with Gasteiger partial charge in [-0.05, 0) is 73.7 Å². The van der Waals surface area contributed by atoms with Crippen LogP contribution in [0.4, 0.5) is 26.0 Å². The van der Waals surface area contributed by atoms with Crippen molar-refractivity contribution in [2.45, 2.75) is 38.2 Å². The molecular weight excluding hydrogens is 799 g/mol. The largest absolute Gasteiger partial charge is 0.444 e. The molecule has 1 unspecified atom stereocenters. The molecule has 1 aliphatic carbocycles. The van der Waals surface area contributed by atoms with Gasteiger partial charge in [-0.15, -0.1) is 0 Å². The number of imide groups is 2. The van der Waals surface area contributed by atoms with Gasteiger partial charge >= 0.3 is 0 Å². The van der Waals surface area contributed by atoms with Crippen molar-refractivity contribution in [3.8, 4) is 17.1 Å². The predicted molar refractivity (Wildman–Crippen MR) is 212 cm³/mol. The Labute approximate surface area is 345 Å². The number of benzene rings is 2. The lowest BCUT2D eigenvalue weighted by molar-refractivity contribution is -0.136. The first kappa shape index (κ1) is 40.4. The molecule has 5 heterocycles. The Morgan fingerprint density at radius 2 is 1.74 bits per heavy atom. The summed E-state index contributed by atoms with van der Waals surface area (Å²) in [5.41, 5.74) is 0.865. The molecule has 6 amide bonds. The maximum atomic E-state index is 14.0. The first-order chi connectivity index (χ1) is 29.5. The van der Waals surface area contributed by atoms with Crippen molar-refractivity contribution < 1.29 is 46.7 Å². The molecule has 2 aliphatic heterocycles. The number of rotatable bonds is 17. The molecule has 2 aromatic carbocycles. The minimum atomic E-state index is -3.02. The lowest BCUT2D eigenvalue weighted by Crippen LogP contribution is -2.54. The molecule has 2 fully saturated rings. The predicted octanol–water partition coefficient (Wildman–Crippen LogP) is 4.19. The van der Waals surface area contributed by atoms with Crippen LogP contribution in [0.1, 0.15) is 79.4 Å². The van der Waals surface area contributed by atoms with Gasteiger partial charge < -0.3 is 30.4 Å². The van der Waals surface area contributed by atoms with Crippen LogP contribution in [0.2, 0.25) is 0 Å². The van der Waals surface area contributed by atoms with Gasteiger partial charge in [0.2, 0.25) is 17.7 Å². The van der Waals surface area contributed by atoms with Crippen LogP contribution in [-0.2, 0) is 14.3 Å². The van der Waals surface area contributed by atoms with Crippen molar-refractivity contribution in [3.05, 3.63) is 101 Å². The van der Waals surface area contributed by atoms with E-state index in [0.29, 0.717) is 28.7 Å². The molecule has 5 N–H and O–H groups in total. The number of oxazole rings is 1. The van der Waals surface area contributed by atoms with E-state index in [1.807, 2.05) is 0 Å². The van der Waals surface area contributed by atoms with Crippen LogP contribution in [0.15, 0.2) is 77.7 Å². The molecule has 1 saturated heterocycles. The van der Waals surface area contributed by atoms with E-state index in [-0.39, 0.29) is 73.1 Å². The van der Waals surface area contributed by atoms with Crippen molar-refractivity contribution in [1.82, 2.24) is 35.3 Å². The number of halogens is 2. The van der Waals surface area contributed by atoms with Gasteiger partial charge in [0.1, 0.15) is 18.1 Å². The Morgan fingerprint density at radius 1 is 0.934 bits per heavy atom. The second kappa shape index (κ2) is 17.5. The maximum absolute atomic E-state index is 14.0. The first-order valence-corrected chi connectivity index (χ1v) is 19.4. The minimum absolute atomic E-state index is 0.0179. The summed E-state index contributed by atoms with van der Waals surface area (Å²) in [6.45, 7) is 1.55. The zero-order valence-corrected chi connectivity index (χ0v) is 32.3.